The maximum Gasteiger partial charge on any atom is 0.230 e. The lowest BCUT2D eigenvalue weighted by Gasteiger charge is -2.15. The fourth-order valence-corrected chi connectivity index (χ4v) is 2.07. The molecule has 0 aliphatic carbocycles. The molecule has 1 atom stereocenters. The van der Waals surface area contributed by atoms with Gasteiger partial charge in [0.25, 0.3) is 0 Å². The average Bonchev–Trinajstić information content (AvgIpc) is 2.71. The number of hydrogen-bond donors (Lipinski definition) is 1. The van der Waals surface area contributed by atoms with E-state index < -0.39 is 0 Å². The van der Waals surface area contributed by atoms with E-state index in [1.807, 2.05) is 12.1 Å². The molecule has 18 heavy (non-hydrogen) atoms. The molecule has 3 heteroatoms. The molecule has 1 unspecified atom stereocenters. The van der Waals surface area contributed by atoms with E-state index in [0.29, 0.717) is 17.7 Å². The Hall–Kier alpha value is -1.77. The van der Waals surface area contributed by atoms with Gasteiger partial charge in [-0.25, -0.2) is 0 Å². The van der Waals surface area contributed by atoms with Crippen molar-refractivity contribution in [3.8, 4) is 11.1 Å². The molecule has 0 saturated carbocycles. The second-order valence-corrected chi connectivity index (χ2v) is 5.15. The zero-order valence-corrected chi connectivity index (χ0v) is 11.4. The van der Waals surface area contributed by atoms with Crippen molar-refractivity contribution < 1.29 is 4.52 Å². The minimum atomic E-state index is 0.320. The van der Waals surface area contributed by atoms with Gasteiger partial charge in [0, 0.05) is 5.92 Å². The second-order valence-electron chi connectivity index (χ2n) is 5.15. The van der Waals surface area contributed by atoms with E-state index in [1.165, 1.54) is 5.56 Å². The fourth-order valence-electron chi connectivity index (χ4n) is 2.07. The molecule has 2 N–H and O–H groups in total. The summed E-state index contributed by atoms with van der Waals surface area (Å²) in [4.78, 5) is 0. The van der Waals surface area contributed by atoms with E-state index in [2.05, 4.69) is 45.0 Å². The van der Waals surface area contributed by atoms with E-state index in [-0.39, 0.29) is 0 Å². The number of nitrogen functional groups attached to an aromatic ring is 1. The average molecular weight is 244 g/mol. The van der Waals surface area contributed by atoms with Gasteiger partial charge in [0.2, 0.25) is 5.88 Å². The number of hydrogen-bond acceptors (Lipinski definition) is 3. The quantitative estimate of drug-likeness (QED) is 0.888. The van der Waals surface area contributed by atoms with Gasteiger partial charge in [-0.15, -0.1) is 0 Å². The van der Waals surface area contributed by atoms with Crippen molar-refractivity contribution in [1.82, 2.24) is 5.16 Å². The molecule has 3 nitrogen and oxygen atoms in total. The molecule has 1 aromatic heterocycles. The highest BCUT2D eigenvalue weighted by Gasteiger charge is 2.23. The molecule has 1 aromatic carbocycles. The van der Waals surface area contributed by atoms with Gasteiger partial charge in [0.15, 0.2) is 0 Å². The highest BCUT2D eigenvalue weighted by atomic mass is 16.5. The maximum absolute atomic E-state index is 5.95. The van der Waals surface area contributed by atoms with Crippen LogP contribution < -0.4 is 5.73 Å². The van der Waals surface area contributed by atoms with Crippen LogP contribution in [-0.4, -0.2) is 5.16 Å². The van der Waals surface area contributed by atoms with Gasteiger partial charge >= 0.3 is 0 Å². The van der Waals surface area contributed by atoms with Crippen LogP contribution in [0.1, 0.15) is 37.9 Å². The first-order valence-corrected chi connectivity index (χ1v) is 6.33. The zero-order valence-electron chi connectivity index (χ0n) is 11.4. The first-order chi connectivity index (χ1) is 8.52. The van der Waals surface area contributed by atoms with Crippen LogP contribution in [0.15, 0.2) is 28.8 Å². The number of aromatic nitrogens is 1. The molecular weight excluding hydrogens is 224 g/mol. The summed E-state index contributed by atoms with van der Waals surface area (Å²) in [6.07, 6.45) is 0. The first kappa shape index (κ1) is 12.7. The Kier molecular flexibility index (Phi) is 3.41. The van der Waals surface area contributed by atoms with Crippen molar-refractivity contribution in [2.75, 3.05) is 5.73 Å². The normalized spacial score (nSPS) is 12.9. The van der Waals surface area contributed by atoms with Crippen LogP contribution in [0.5, 0.6) is 0 Å². The number of aryl methyl sites for hydroxylation is 1. The van der Waals surface area contributed by atoms with Gasteiger partial charge in [-0.2, -0.15) is 0 Å². The van der Waals surface area contributed by atoms with Gasteiger partial charge in [-0.1, -0.05) is 50.2 Å². The van der Waals surface area contributed by atoms with Gasteiger partial charge in [-0.05, 0) is 24.0 Å². The molecule has 0 fully saturated rings. The summed E-state index contributed by atoms with van der Waals surface area (Å²) in [5.41, 5.74) is 10.2. The van der Waals surface area contributed by atoms with E-state index in [0.717, 1.165) is 16.8 Å². The lowest BCUT2D eigenvalue weighted by molar-refractivity contribution is 0.407. The van der Waals surface area contributed by atoms with Crippen LogP contribution in [0.3, 0.4) is 0 Å². The Balaban J connectivity index is 2.58. The van der Waals surface area contributed by atoms with Crippen LogP contribution in [0.4, 0.5) is 5.88 Å². The van der Waals surface area contributed by atoms with Gasteiger partial charge in [0.1, 0.15) is 0 Å². The Morgan fingerprint density at radius 3 is 2.44 bits per heavy atom. The largest absolute Gasteiger partial charge is 0.367 e. The van der Waals surface area contributed by atoms with E-state index >= 15 is 0 Å². The number of benzene rings is 1. The molecule has 0 radical (unpaired) electrons. The summed E-state index contributed by atoms with van der Waals surface area (Å²) in [6, 6.07) is 8.17. The molecule has 0 spiro atoms. The number of nitrogens with two attached hydrogens (primary N) is 1. The molecule has 2 aromatic rings. The lowest BCUT2D eigenvalue weighted by atomic mass is 9.89. The second kappa shape index (κ2) is 4.84. The van der Waals surface area contributed by atoms with Gasteiger partial charge in [0.05, 0.1) is 11.3 Å². The van der Waals surface area contributed by atoms with Gasteiger partial charge < -0.3 is 10.3 Å². The predicted octanol–water partition coefficient (Wildman–Crippen LogP) is 3.99. The highest BCUT2D eigenvalue weighted by Crippen LogP contribution is 2.37. The molecular formula is C15H20N2O. The molecule has 96 valence electrons. The SMILES string of the molecule is Cc1ccccc1-c1c(C(C)C(C)C)noc1N. The molecule has 2 rings (SSSR count). The third kappa shape index (κ3) is 2.13. The summed E-state index contributed by atoms with van der Waals surface area (Å²) in [6.45, 7) is 8.59. The Morgan fingerprint density at radius 1 is 1.17 bits per heavy atom. The standard InChI is InChI=1S/C15H20N2O/c1-9(2)11(4)14-13(15(16)18-17-14)12-8-6-5-7-10(12)3/h5-9,11H,16H2,1-4H3. The molecule has 1 heterocycles. The lowest BCUT2D eigenvalue weighted by Crippen LogP contribution is -2.04. The smallest absolute Gasteiger partial charge is 0.230 e. The first-order valence-electron chi connectivity index (χ1n) is 6.33. The van der Waals surface area contributed by atoms with Crippen molar-refractivity contribution >= 4 is 5.88 Å². The van der Waals surface area contributed by atoms with Crippen LogP contribution >= 0.6 is 0 Å². The van der Waals surface area contributed by atoms with Crippen LogP contribution in [0, 0.1) is 12.8 Å². The minimum Gasteiger partial charge on any atom is -0.367 e. The zero-order chi connectivity index (χ0) is 13.3. The van der Waals surface area contributed by atoms with Crippen molar-refractivity contribution in [1.29, 1.82) is 0 Å². The molecule has 0 saturated heterocycles. The molecule has 0 aliphatic rings. The minimum absolute atomic E-state index is 0.320. The summed E-state index contributed by atoms with van der Waals surface area (Å²) in [5.74, 6) is 1.23. The number of rotatable bonds is 3. The van der Waals surface area contributed by atoms with Crippen LogP contribution in [0.25, 0.3) is 11.1 Å². The molecule has 0 amide bonds. The predicted molar refractivity (Wildman–Crippen MR) is 74.3 cm³/mol. The summed E-state index contributed by atoms with van der Waals surface area (Å²) in [5, 5.41) is 4.15. The van der Waals surface area contributed by atoms with E-state index in [4.69, 9.17) is 10.3 Å². The Morgan fingerprint density at radius 2 is 1.83 bits per heavy atom. The Bertz CT molecular complexity index is 543. The fraction of sp³-hybridized carbons (Fsp3) is 0.400. The monoisotopic (exact) mass is 244 g/mol. The van der Waals surface area contributed by atoms with Crippen molar-refractivity contribution in [2.24, 2.45) is 5.92 Å². The summed E-state index contributed by atoms with van der Waals surface area (Å²) in [7, 11) is 0. The van der Waals surface area contributed by atoms with Gasteiger partial charge in [-0.3, -0.25) is 0 Å². The summed E-state index contributed by atoms with van der Waals surface area (Å²) < 4.78 is 5.20. The molecule has 0 aliphatic heterocycles. The number of anilines is 1. The van der Waals surface area contributed by atoms with Crippen LogP contribution in [0.2, 0.25) is 0 Å². The van der Waals surface area contributed by atoms with E-state index in [1.54, 1.807) is 0 Å². The maximum atomic E-state index is 5.95. The third-order valence-electron chi connectivity index (χ3n) is 3.59. The van der Waals surface area contributed by atoms with Crippen molar-refractivity contribution in [2.45, 2.75) is 33.6 Å². The van der Waals surface area contributed by atoms with Crippen molar-refractivity contribution in [3.63, 3.8) is 0 Å². The highest BCUT2D eigenvalue weighted by molar-refractivity contribution is 5.77. The van der Waals surface area contributed by atoms with E-state index in [9.17, 15) is 0 Å². The third-order valence-corrected chi connectivity index (χ3v) is 3.59. The Labute approximate surface area is 108 Å². The summed E-state index contributed by atoms with van der Waals surface area (Å²) >= 11 is 0. The number of nitrogens with zero attached hydrogens (tertiary/aromatic N) is 1. The van der Waals surface area contributed by atoms with Crippen LogP contribution in [-0.2, 0) is 0 Å². The van der Waals surface area contributed by atoms with Crippen molar-refractivity contribution in [3.05, 3.63) is 35.5 Å². The molecule has 0 bridgehead atoms. The topological polar surface area (TPSA) is 52.0 Å².